The highest BCUT2D eigenvalue weighted by molar-refractivity contribution is 6.00. The van der Waals surface area contributed by atoms with Crippen LogP contribution in [0.5, 0.6) is 0 Å². The normalized spacial score (nSPS) is 20.6. The minimum Gasteiger partial charge on any atom is -0.310 e. The number of H-pyrrole nitrogens is 1. The van der Waals surface area contributed by atoms with E-state index in [1.54, 1.807) is 12.3 Å². The van der Waals surface area contributed by atoms with Gasteiger partial charge in [-0.2, -0.15) is 23.5 Å². The van der Waals surface area contributed by atoms with E-state index in [1.165, 1.54) is 17.0 Å². The molecule has 1 aromatic carbocycles. The number of amides is 1. The lowest BCUT2D eigenvalue weighted by molar-refractivity contribution is -0.140. The van der Waals surface area contributed by atoms with Crippen molar-refractivity contribution in [1.82, 2.24) is 15.1 Å². The monoisotopic (exact) mass is 411 g/mol. The van der Waals surface area contributed by atoms with Crippen LogP contribution in [0.4, 0.5) is 27.6 Å². The Bertz CT molecular complexity index is 1010. The summed E-state index contributed by atoms with van der Waals surface area (Å²) in [6.45, 7) is -0.698. The van der Waals surface area contributed by atoms with E-state index in [-0.39, 0.29) is 24.1 Å². The third-order valence-corrected chi connectivity index (χ3v) is 5.19. The summed E-state index contributed by atoms with van der Waals surface area (Å²) in [4.78, 5) is 14.9. The van der Waals surface area contributed by atoms with Gasteiger partial charge in [0.15, 0.2) is 6.19 Å². The van der Waals surface area contributed by atoms with Crippen molar-refractivity contribution in [3.8, 4) is 17.3 Å². The predicted octanol–water partition coefficient (Wildman–Crippen LogP) is 3.18. The molecule has 1 atom stereocenters. The lowest BCUT2D eigenvalue weighted by atomic mass is 9.98. The molecule has 1 amide bonds. The standard InChI is InChI=1S/C18H14F5N5O/c19-17(20)6-14(27(8-17)9-24)16(29)28-5-4-11-10(2-1-3-13(11)28)12-7-25-26-15(12)18(21,22)23/h1-3,7,14H,4-6,8H2,(H,25,26)/t14-/m0/s1. The second-order valence-electron chi connectivity index (χ2n) is 7.00. The lowest BCUT2D eigenvalue weighted by Crippen LogP contribution is -2.43. The number of anilines is 1. The summed E-state index contributed by atoms with van der Waals surface area (Å²) in [5.74, 6) is -3.82. The number of aromatic nitrogens is 2. The fourth-order valence-electron chi connectivity index (χ4n) is 3.94. The van der Waals surface area contributed by atoms with Crippen molar-refractivity contribution >= 4 is 11.6 Å². The molecule has 0 aliphatic carbocycles. The average Bonchev–Trinajstić information content (AvgIpc) is 3.36. The molecule has 1 N–H and O–H groups in total. The molecule has 1 fully saturated rings. The van der Waals surface area contributed by atoms with Crippen LogP contribution >= 0.6 is 0 Å². The van der Waals surface area contributed by atoms with Gasteiger partial charge in [-0.3, -0.25) is 14.8 Å². The first kappa shape index (κ1) is 19.2. The Kier molecular flexibility index (Phi) is 4.25. The number of benzene rings is 1. The molecule has 11 heteroatoms. The van der Waals surface area contributed by atoms with Crippen molar-refractivity contribution in [2.45, 2.75) is 31.0 Å². The lowest BCUT2D eigenvalue weighted by Gasteiger charge is -2.24. The number of hydrogen-bond donors (Lipinski definition) is 1. The fraction of sp³-hybridized carbons (Fsp3) is 0.389. The van der Waals surface area contributed by atoms with Gasteiger partial charge >= 0.3 is 6.18 Å². The van der Waals surface area contributed by atoms with Gasteiger partial charge in [-0.1, -0.05) is 12.1 Å². The van der Waals surface area contributed by atoms with E-state index in [0.717, 1.165) is 11.1 Å². The van der Waals surface area contributed by atoms with Crippen molar-refractivity contribution < 1.29 is 26.7 Å². The van der Waals surface area contributed by atoms with E-state index < -0.39 is 42.7 Å². The molecule has 1 saturated heterocycles. The van der Waals surface area contributed by atoms with E-state index in [4.69, 9.17) is 5.26 Å². The summed E-state index contributed by atoms with van der Waals surface area (Å²) >= 11 is 0. The van der Waals surface area contributed by atoms with Gasteiger partial charge in [-0.15, -0.1) is 0 Å². The molecule has 0 radical (unpaired) electrons. The van der Waals surface area contributed by atoms with Crippen LogP contribution in [0.2, 0.25) is 0 Å². The molecule has 2 aliphatic rings. The zero-order valence-corrected chi connectivity index (χ0v) is 14.8. The summed E-state index contributed by atoms with van der Waals surface area (Å²) in [6, 6.07) is 3.25. The summed E-state index contributed by atoms with van der Waals surface area (Å²) in [5.41, 5.74) is -0.0137. The van der Waals surface area contributed by atoms with Gasteiger partial charge in [0, 0.05) is 24.2 Å². The van der Waals surface area contributed by atoms with Gasteiger partial charge in [0.2, 0.25) is 0 Å². The van der Waals surface area contributed by atoms with Crippen LogP contribution in [0.1, 0.15) is 17.7 Å². The molecule has 0 saturated carbocycles. The van der Waals surface area contributed by atoms with Crippen molar-refractivity contribution in [3.05, 3.63) is 35.7 Å². The Morgan fingerprint density at radius 1 is 1.31 bits per heavy atom. The molecule has 2 aliphatic heterocycles. The highest BCUT2D eigenvalue weighted by Gasteiger charge is 2.50. The first-order chi connectivity index (χ1) is 13.6. The Morgan fingerprint density at radius 3 is 2.76 bits per heavy atom. The van der Waals surface area contributed by atoms with E-state index in [1.807, 2.05) is 5.10 Å². The van der Waals surface area contributed by atoms with Gasteiger partial charge in [0.05, 0.1) is 12.7 Å². The summed E-state index contributed by atoms with van der Waals surface area (Å²) in [7, 11) is 0. The Labute approximate surface area is 161 Å². The summed E-state index contributed by atoms with van der Waals surface area (Å²) in [5, 5.41) is 14.5. The maximum atomic E-state index is 13.7. The maximum Gasteiger partial charge on any atom is 0.433 e. The molecule has 4 rings (SSSR count). The molecular weight excluding hydrogens is 397 g/mol. The number of likely N-dealkylation sites (tertiary alicyclic amines) is 1. The van der Waals surface area contributed by atoms with E-state index in [9.17, 15) is 26.7 Å². The molecule has 3 heterocycles. The number of carbonyl (C=O) groups excluding carboxylic acids is 1. The number of halogens is 5. The average molecular weight is 411 g/mol. The van der Waals surface area contributed by atoms with Gasteiger partial charge in [-0.05, 0) is 23.6 Å². The number of nitrogens with one attached hydrogen (secondary N) is 1. The molecule has 0 unspecified atom stereocenters. The van der Waals surface area contributed by atoms with E-state index in [2.05, 4.69) is 5.10 Å². The van der Waals surface area contributed by atoms with Crippen LogP contribution in [0.25, 0.3) is 11.1 Å². The number of aromatic amines is 1. The molecule has 2 aromatic rings. The van der Waals surface area contributed by atoms with Crippen LogP contribution in [-0.2, 0) is 17.4 Å². The highest BCUT2D eigenvalue weighted by atomic mass is 19.4. The van der Waals surface area contributed by atoms with Gasteiger partial charge < -0.3 is 4.90 Å². The van der Waals surface area contributed by atoms with Crippen molar-refractivity contribution in [2.24, 2.45) is 0 Å². The third-order valence-electron chi connectivity index (χ3n) is 5.19. The molecule has 6 nitrogen and oxygen atoms in total. The van der Waals surface area contributed by atoms with Crippen LogP contribution in [0, 0.1) is 11.5 Å². The quantitative estimate of drug-likeness (QED) is 0.609. The van der Waals surface area contributed by atoms with Gasteiger partial charge in [0.1, 0.15) is 11.7 Å². The molecular formula is C18H14F5N5O. The zero-order chi connectivity index (χ0) is 21.0. The Morgan fingerprint density at radius 2 is 2.07 bits per heavy atom. The zero-order valence-electron chi connectivity index (χ0n) is 14.8. The molecule has 152 valence electrons. The number of fused-ring (bicyclic) bond motifs is 1. The number of hydrogen-bond acceptors (Lipinski definition) is 4. The van der Waals surface area contributed by atoms with Crippen molar-refractivity contribution in [3.63, 3.8) is 0 Å². The van der Waals surface area contributed by atoms with E-state index >= 15 is 0 Å². The molecule has 0 spiro atoms. The number of nitrogens with zero attached hydrogens (tertiary/aromatic N) is 4. The minimum absolute atomic E-state index is 0.131. The second kappa shape index (κ2) is 6.43. The van der Waals surface area contributed by atoms with Crippen LogP contribution < -0.4 is 4.90 Å². The predicted molar refractivity (Wildman–Crippen MR) is 90.8 cm³/mol. The fourth-order valence-corrected chi connectivity index (χ4v) is 3.94. The highest BCUT2D eigenvalue weighted by Crippen LogP contribution is 2.42. The number of carbonyl (C=O) groups is 1. The van der Waals surface area contributed by atoms with E-state index in [0.29, 0.717) is 11.3 Å². The first-order valence-corrected chi connectivity index (χ1v) is 8.71. The number of rotatable bonds is 2. The smallest absolute Gasteiger partial charge is 0.310 e. The maximum absolute atomic E-state index is 13.7. The third kappa shape index (κ3) is 3.18. The Hall–Kier alpha value is -3.16. The summed E-state index contributed by atoms with van der Waals surface area (Å²) in [6.07, 6.45) is -2.46. The topological polar surface area (TPSA) is 76.0 Å². The van der Waals surface area contributed by atoms with Crippen molar-refractivity contribution in [1.29, 1.82) is 5.26 Å². The van der Waals surface area contributed by atoms with Gasteiger partial charge in [0.25, 0.3) is 11.8 Å². The number of nitriles is 1. The Balaban J connectivity index is 1.70. The molecule has 29 heavy (non-hydrogen) atoms. The summed E-state index contributed by atoms with van der Waals surface area (Å²) < 4.78 is 67.1. The second-order valence-corrected chi connectivity index (χ2v) is 7.00. The largest absolute Gasteiger partial charge is 0.433 e. The van der Waals surface area contributed by atoms with Crippen LogP contribution in [0.3, 0.4) is 0 Å². The van der Waals surface area contributed by atoms with Crippen LogP contribution in [-0.4, -0.2) is 46.1 Å². The number of alkyl halides is 5. The van der Waals surface area contributed by atoms with Crippen LogP contribution in [0.15, 0.2) is 24.4 Å². The molecule has 0 bridgehead atoms. The van der Waals surface area contributed by atoms with Crippen molar-refractivity contribution in [2.75, 3.05) is 18.0 Å². The SMILES string of the molecule is N#CN1CC(F)(F)C[C@H]1C(=O)N1CCc2c(-c3cn[nH]c3C(F)(F)F)cccc21. The molecule has 1 aromatic heterocycles. The first-order valence-electron chi connectivity index (χ1n) is 8.71. The van der Waals surface area contributed by atoms with Gasteiger partial charge in [-0.25, -0.2) is 8.78 Å². The minimum atomic E-state index is -4.63.